The predicted molar refractivity (Wildman–Crippen MR) is 82.7 cm³/mol. The van der Waals surface area contributed by atoms with Crippen LogP contribution in [0.25, 0.3) is 21.9 Å². The van der Waals surface area contributed by atoms with Crippen LogP contribution in [0, 0.1) is 0 Å². The fourth-order valence-electron chi connectivity index (χ4n) is 2.37. The van der Waals surface area contributed by atoms with E-state index in [0.29, 0.717) is 11.3 Å². The van der Waals surface area contributed by atoms with E-state index in [1.165, 1.54) is 0 Å². The Morgan fingerprint density at radius 2 is 2.00 bits per heavy atom. The van der Waals surface area contributed by atoms with Crippen molar-refractivity contribution in [2.75, 3.05) is 5.32 Å². The Morgan fingerprint density at radius 3 is 2.95 bits per heavy atom. The van der Waals surface area contributed by atoms with Crippen LogP contribution in [0.5, 0.6) is 0 Å². The molecule has 0 aliphatic carbocycles. The van der Waals surface area contributed by atoms with Crippen molar-refractivity contribution in [1.82, 2.24) is 12.9 Å². The molecule has 0 fully saturated rings. The standard InChI is InChI=1S/C15H10N4OSe/c20-15(10-4-1-3-9-7-8-16-13(9)10)17-11-5-2-6-12-14(11)19-21-18-12/h1-8,16H,(H,17,20). The van der Waals surface area contributed by atoms with Gasteiger partial charge in [0.2, 0.25) is 0 Å². The number of para-hydroxylation sites is 1. The van der Waals surface area contributed by atoms with Crippen molar-refractivity contribution in [2.24, 2.45) is 0 Å². The van der Waals surface area contributed by atoms with Crippen LogP contribution in [0.2, 0.25) is 0 Å². The van der Waals surface area contributed by atoms with E-state index in [2.05, 4.69) is 18.3 Å². The van der Waals surface area contributed by atoms with E-state index >= 15 is 0 Å². The number of nitrogens with zero attached hydrogens (tertiary/aromatic N) is 2. The van der Waals surface area contributed by atoms with Crippen molar-refractivity contribution >= 4 is 48.5 Å². The van der Waals surface area contributed by atoms with E-state index in [4.69, 9.17) is 0 Å². The van der Waals surface area contributed by atoms with Gasteiger partial charge < -0.3 is 0 Å². The van der Waals surface area contributed by atoms with Gasteiger partial charge >= 0.3 is 126 Å². The molecule has 0 saturated heterocycles. The number of amides is 1. The maximum absolute atomic E-state index is 12.5. The summed E-state index contributed by atoms with van der Waals surface area (Å²) >= 11 is -0.108. The van der Waals surface area contributed by atoms with E-state index < -0.39 is 0 Å². The number of aromatic amines is 1. The van der Waals surface area contributed by atoms with Gasteiger partial charge in [-0.1, -0.05) is 0 Å². The molecule has 0 unspecified atom stereocenters. The van der Waals surface area contributed by atoms with Crippen molar-refractivity contribution in [3.8, 4) is 0 Å². The molecule has 0 saturated carbocycles. The summed E-state index contributed by atoms with van der Waals surface area (Å²) in [5, 5.41) is 3.96. The molecule has 4 aromatic rings. The van der Waals surface area contributed by atoms with Crippen molar-refractivity contribution in [1.29, 1.82) is 0 Å². The summed E-state index contributed by atoms with van der Waals surface area (Å²) < 4.78 is 8.69. The summed E-state index contributed by atoms with van der Waals surface area (Å²) in [5.74, 6) is -0.147. The molecule has 102 valence electrons. The van der Waals surface area contributed by atoms with Gasteiger partial charge in [0.05, 0.1) is 0 Å². The van der Waals surface area contributed by atoms with E-state index in [1.807, 2.05) is 48.7 Å². The Labute approximate surface area is 126 Å². The van der Waals surface area contributed by atoms with Crippen molar-refractivity contribution in [3.63, 3.8) is 0 Å². The number of carbonyl (C=O) groups excluding carboxylic acids is 1. The van der Waals surface area contributed by atoms with Crippen molar-refractivity contribution in [2.45, 2.75) is 0 Å². The summed E-state index contributed by atoms with van der Waals surface area (Å²) in [4.78, 5) is 15.6. The Hall–Kier alpha value is -2.43. The second kappa shape index (κ2) is 4.84. The van der Waals surface area contributed by atoms with Gasteiger partial charge in [-0.05, 0) is 0 Å². The molecule has 2 aromatic heterocycles. The zero-order chi connectivity index (χ0) is 14.2. The van der Waals surface area contributed by atoms with Crippen LogP contribution < -0.4 is 5.32 Å². The first-order valence-corrected chi connectivity index (χ1v) is 7.95. The van der Waals surface area contributed by atoms with E-state index in [1.54, 1.807) is 0 Å². The zero-order valence-corrected chi connectivity index (χ0v) is 12.5. The number of fused-ring (bicyclic) bond motifs is 2. The molecule has 0 atom stereocenters. The predicted octanol–water partition coefficient (Wildman–Crippen LogP) is 2.42. The number of rotatable bonds is 2. The first kappa shape index (κ1) is 12.3. The van der Waals surface area contributed by atoms with Crippen LogP contribution in [0.3, 0.4) is 0 Å². The summed E-state index contributed by atoms with van der Waals surface area (Å²) in [5.41, 5.74) is 3.81. The monoisotopic (exact) mass is 342 g/mol. The average Bonchev–Trinajstić information content (AvgIpc) is 3.15. The fourth-order valence-corrected chi connectivity index (χ4v) is 3.52. The van der Waals surface area contributed by atoms with Crippen LogP contribution in [0.15, 0.2) is 48.7 Å². The number of benzene rings is 2. The molecule has 21 heavy (non-hydrogen) atoms. The molecule has 6 heteroatoms. The third-order valence-electron chi connectivity index (χ3n) is 3.37. The molecule has 2 aromatic carbocycles. The number of hydrogen-bond acceptors (Lipinski definition) is 3. The molecule has 2 N–H and O–H groups in total. The molecule has 4 rings (SSSR count). The minimum atomic E-state index is -0.147. The Morgan fingerprint density at radius 1 is 1.10 bits per heavy atom. The quantitative estimate of drug-likeness (QED) is 0.550. The van der Waals surface area contributed by atoms with Crippen LogP contribution in [-0.2, 0) is 0 Å². The summed E-state index contributed by atoms with van der Waals surface area (Å²) in [6, 6.07) is 13.2. The van der Waals surface area contributed by atoms with Gasteiger partial charge in [-0.15, -0.1) is 0 Å². The van der Waals surface area contributed by atoms with Crippen LogP contribution >= 0.6 is 0 Å². The topological polar surface area (TPSA) is 70.7 Å². The fraction of sp³-hybridized carbons (Fsp3) is 0. The van der Waals surface area contributed by atoms with Gasteiger partial charge in [-0.2, -0.15) is 0 Å². The number of hydrogen-bond donors (Lipinski definition) is 2. The zero-order valence-electron chi connectivity index (χ0n) is 10.8. The van der Waals surface area contributed by atoms with Gasteiger partial charge in [-0.3, -0.25) is 0 Å². The summed E-state index contributed by atoms with van der Waals surface area (Å²) in [7, 11) is 0. The number of nitrogens with one attached hydrogen (secondary N) is 2. The molecule has 0 radical (unpaired) electrons. The van der Waals surface area contributed by atoms with Gasteiger partial charge in [0.1, 0.15) is 0 Å². The Bertz CT molecular complexity index is 956. The van der Waals surface area contributed by atoms with Crippen LogP contribution in [0.1, 0.15) is 10.4 Å². The molecule has 5 nitrogen and oxygen atoms in total. The number of carbonyl (C=O) groups is 1. The molecule has 1 amide bonds. The van der Waals surface area contributed by atoms with Crippen molar-refractivity contribution < 1.29 is 4.79 Å². The van der Waals surface area contributed by atoms with Crippen molar-refractivity contribution in [3.05, 3.63) is 54.2 Å². The number of H-pyrrole nitrogens is 1. The number of anilines is 1. The Kier molecular flexibility index (Phi) is 2.84. The molecular weight excluding hydrogens is 331 g/mol. The van der Waals surface area contributed by atoms with Gasteiger partial charge in [0.15, 0.2) is 0 Å². The molecule has 0 aliphatic rings. The molecule has 0 aliphatic heterocycles. The Balaban J connectivity index is 1.76. The van der Waals surface area contributed by atoms with Crippen LogP contribution in [-0.4, -0.2) is 33.8 Å². The van der Waals surface area contributed by atoms with Gasteiger partial charge in [-0.25, -0.2) is 0 Å². The molecular formula is C15H10N4OSe. The van der Waals surface area contributed by atoms with Gasteiger partial charge in [0.25, 0.3) is 0 Å². The first-order valence-electron chi connectivity index (χ1n) is 6.42. The summed E-state index contributed by atoms with van der Waals surface area (Å²) in [6.07, 6.45) is 1.83. The normalized spacial score (nSPS) is 11.0. The van der Waals surface area contributed by atoms with E-state index in [9.17, 15) is 4.79 Å². The van der Waals surface area contributed by atoms with E-state index in [0.717, 1.165) is 21.9 Å². The number of aromatic nitrogens is 3. The van der Waals surface area contributed by atoms with Gasteiger partial charge in [0, 0.05) is 0 Å². The maximum atomic E-state index is 12.5. The van der Waals surface area contributed by atoms with E-state index in [-0.39, 0.29) is 20.9 Å². The second-order valence-electron chi connectivity index (χ2n) is 4.64. The minimum absolute atomic E-state index is 0.108. The third kappa shape index (κ3) is 2.05. The van der Waals surface area contributed by atoms with Crippen LogP contribution in [0.4, 0.5) is 5.69 Å². The second-order valence-corrected chi connectivity index (χ2v) is 5.75. The third-order valence-corrected chi connectivity index (χ3v) is 4.50. The average molecular weight is 341 g/mol. The molecule has 0 bridgehead atoms. The first-order chi connectivity index (χ1) is 10.3. The SMILES string of the molecule is O=C(Nc1cccc2n[se]nc12)c1cccc2cc[nH]c12. The molecule has 0 spiro atoms. The summed E-state index contributed by atoms with van der Waals surface area (Å²) in [6.45, 7) is 0. The molecule has 2 heterocycles.